The van der Waals surface area contributed by atoms with Crippen molar-refractivity contribution >= 4 is 25.7 Å². The minimum absolute atomic E-state index is 0.0298. The minimum atomic E-state index is -3.94. The van der Waals surface area contributed by atoms with Crippen LogP contribution < -0.4 is 4.72 Å². The maximum atomic E-state index is 13.0. The van der Waals surface area contributed by atoms with Gasteiger partial charge in [-0.05, 0) is 49.2 Å². The zero-order valence-electron chi connectivity index (χ0n) is 17.0. The van der Waals surface area contributed by atoms with Crippen molar-refractivity contribution in [2.75, 3.05) is 17.8 Å². The van der Waals surface area contributed by atoms with E-state index in [0.29, 0.717) is 30.2 Å². The lowest BCUT2D eigenvalue weighted by atomic mass is 10.2. The molecular weight excluding hydrogens is 438 g/mol. The van der Waals surface area contributed by atoms with E-state index in [1.165, 1.54) is 34.9 Å². The monoisotopic (exact) mass is 461 g/mol. The number of benzene rings is 2. The molecule has 1 aliphatic heterocycles. The van der Waals surface area contributed by atoms with Gasteiger partial charge < -0.3 is 4.57 Å². The maximum absolute atomic E-state index is 13.0. The Labute approximate surface area is 181 Å². The first-order valence-corrected chi connectivity index (χ1v) is 12.8. The number of hydrogen-bond acceptors (Lipinski definition) is 6. The Morgan fingerprint density at radius 1 is 0.871 bits per heavy atom. The second-order valence-corrected chi connectivity index (χ2v) is 11.0. The molecule has 2 heterocycles. The molecule has 1 aliphatic rings. The van der Waals surface area contributed by atoms with Gasteiger partial charge in [-0.3, -0.25) is 4.72 Å². The van der Waals surface area contributed by atoms with E-state index in [-0.39, 0.29) is 9.79 Å². The molecule has 4 rings (SSSR count). The van der Waals surface area contributed by atoms with Gasteiger partial charge in [-0.1, -0.05) is 18.6 Å². The van der Waals surface area contributed by atoms with E-state index in [4.69, 9.17) is 0 Å². The molecule has 1 saturated heterocycles. The molecule has 31 heavy (non-hydrogen) atoms. The molecule has 1 N–H and O–H groups in total. The van der Waals surface area contributed by atoms with Crippen molar-refractivity contribution in [3.63, 3.8) is 0 Å². The molecular formula is C20H23N5O4S2. The highest BCUT2D eigenvalue weighted by Gasteiger charge is 2.26. The predicted molar refractivity (Wildman–Crippen MR) is 116 cm³/mol. The molecule has 0 unspecified atom stereocenters. The van der Waals surface area contributed by atoms with Crippen LogP contribution in [0.25, 0.3) is 11.4 Å². The lowest BCUT2D eigenvalue weighted by Gasteiger charge is -2.25. The zero-order chi connectivity index (χ0) is 22.1. The van der Waals surface area contributed by atoms with Crippen molar-refractivity contribution in [3.8, 4) is 11.4 Å². The number of hydrogen-bond donors (Lipinski definition) is 1. The van der Waals surface area contributed by atoms with Crippen molar-refractivity contribution in [1.29, 1.82) is 0 Å². The summed E-state index contributed by atoms with van der Waals surface area (Å²) in [6.07, 6.45) is 4.22. The Morgan fingerprint density at radius 3 is 2.16 bits per heavy atom. The molecule has 0 atom stereocenters. The lowest BCUT2D eigenvalue weighted by Crippen LogP contribution is -2.35. The van der Waals surface area contributed by atoms with Gasteiger partial charge in [-0.25, -0.2) is 16.8 Å². The van der Waals surface area contributed by atoms with Crippen molar-refractivity contribution in [2.45, 2.75) is 29.1 Å². The third-order valence-corrected chi connectivity index (χ3v) is 8.50. The lowest BCUT2D eigenvalue weighted by molar-refractivity contribution is 0.346. The number of para-hydroxylation sites is 1. The molecule has 1 fully saturated rings. The number of aryl methyl sites for hydroxylation is 1. The van der Waals surface area contributed by atoms with E-state index in [1.54, 1.807) is 35.9 Å². The number of aromatic nitrogens is 3. The van der Waals surface area contributed by atoms with Gasteiger partial charge in [-0.2, -0.15) is 4.31 Å². The molecule has 0 bridgehead atoms. The number of sulfonamides is 2. The number of nitrogens with one attached hydrogen (secondary N) is 1. The molecule has 1 aromatic heterocycles. The number of anilines is 1. The van der Waals surface area contributed by atoms with Crippen molar-refractivity contribution in [1.82, 2.24) is 19.1 Å². The predicted octanol–water partition coefficient (Wildman–Crippen LogP) is 2.46. The molecule has 9 nitrogen and oxygen atoms in total. The molecule has 0 amide bonds. The normalized spacial score (nSPS) is 15.6. The second-order valence-electron chi connectivity index (χ2n) is 7.35. The summed E-state index contributed by atoms with van der Waals surface area (Å²) in [5, 5.41) is 7.88. The largest absolute Gasteiger partial charge is 0.317 e. The van der Waals surface area contributed by atoms with Crippen molar-refractivity contribution in [3.05, 3.63) is 54.9 Å². The van der Waals surface area contributed by atoms with E-state index in [1.807, 2.05) is 0 Å². The van der Waals surface area contributed by atoms with E-state index < -0.39 is 20.0 Å². The average Bonchev–Trinajstić information content (AvgIpc) is 3.20. The van der Waals surface area contributed by atoms with Crippen LogP contribution in [0.5, 0.6) is 0 Å². The summed E-state index contributed by atoms with van der Waals surface area (Å²) < 4.78 is 57.2. The summed E-state index contributed by atoms with van der Waals surface area (Å²) in [5.74, 6) is 0.515. The summed E-state index contributed by atoms with van der Waals surface area (Å²) in [6, 6.07) is 12.2. The first-order valence-electron chi connectivity index (χ1n) is 9.85. The molecule has 2 aromatic carbocycles. The van der Waals surface area contributed by atoms with E-state index in [0.717, 1.165) is 19.3 Å². The Bertz CT molecular complexity index is 1280. The van der Waals surface area contributed by atoms with Gasteiger partial charge in [0.25, 0.3) is 10.0 Å². The van der Waals surface area contributed by atoms with Gasteiger partial charge in [0.1, 0.15) is 6.33 Å². The quantitative estimate of drug-likeness (QED) is 0.603. The Hall–Kier alpha value is -2.76. The van der Waals surface area contributed by atoms with Crippen LogP contribution in [-0.4, -0.2) is 49.0 Å². The Kier molecular flexibility index (Phi) is 5.82. The third-order valence-electron chi connectivity index (χ3n) is 5.21. The first kappa shape index (κ1) is 21.5. The Balaban J connectivity index is 1.60. The number of nitrogens with zero attached hydrogens (tertiary/aromatic N) is 4. The summed E-state index contributed by atoms with van der Waals surface area (Å²) in [5.41, 5.74) is 0.930. The van der Waals surface area contributed by atoms with E-state index in [2.05, 4.69) is 14.9 Å². The summed E-state index contributed by atoms with van der Waals surface area (Å²) in [4.78, 5) is 0.0608. The fraction of sp³-hybridized carbons (Fsp3) is 0.300. The zero-order valence-corrected chi connectivity index (χ0v) is 18.6. The summed E-state index contributed by atoms with van der Waals surface area (Å²) in [7, 11) is -5.80. The van der Waals surface area contributed by atoms with Crippen LogP contribution in [0.4, 0.5) is 5.69 Å². The SMILES string of the molecule is Cn1cnnc1-c1ccccc1NS(=O)(=O)c1ccc(S(=O)(=O)N2CCCCC2)cc1. The third kappa shape index (κ3) is 4.34. The molecule has 0 aliphatic carbocycles. The van der Waals surface area contributed by atoms with Crippen molar-refractivity contribution < 1.29 is 16.8 Å². The van der Waals surface area contributed by atoms with Crippen LogP contribution in [0, 0.1) is 0 Å². The van der Waals surface area contributed by atoms with Gasteiger partial charge in [0.2, 0.25) is 10.0 Å². The fourth-order valence-corrected chi connectivity index (χ4v) is 6.14. The van der Waals surface area contributed by atoms with Crippen molar-refractivity contribution in [2.24, 2.45) is 7.05 Å². The number of rotatable bonds is 6. The minimum Gasteiger partial charge on any atom is -0.317 e. The van der Waals surface area contributed by atoms with Crippen LogP contribution in [0.3, 0.4) is 0 Å². The maximum Gasteiger partial charge on any atom is 0.261 e. The topological polar surface area (TPSA) is 114 Å². The van der Waals surface area contributed by atoms with Gasteiger partial charge >= 0.3 is 0 Å². The smallest absolute Gasteiger partial charge is 0.261 e. The van der Waals surface area contributed by atoms with Crippen LogP contribution in [0.15, 0.2) is 64.6 Å². The second kappa shape index (κ2) is 8.40. The van der Waals surface area contributed by atoms with E-state index in [9.17, 15) is 16.8 Å². The molecule has 164 valence electrons. The van der Waals surface area contributed by atoms with Gasteiger partial charge in [-0.15, -0.1) is 10.2 Å². The standard InChI is InChI=1S/C20H23N5O4S2/c1-24-15-21-22-20(24)18-7-3-4-8-19(18)23-30(26,27)16-9-11-17(12-10-16)31(28,29)25-13-5-2-6-14-25/h3-4,7-12,15,23H,2,5-6,13-14H2,1H3. The van der Waals surface area contributed by atoms with Crippen LogP contribution in [0.1, 0.15) is 19.3 Å². The highest BCUT2D eigenvalue weighted by Crippen LogP contribution is 2.28. The summed E-state index contributed by atoms with van der Waals surface area (Å²) >= 11 is 0. The van der Waals surface area contributed by atoms with Crippen LogP contribution in [-0.2, 0) is 27.1 Å². The molecule has 0 saturated carbocycles. The Morgan fingerprint density at radius 2 is 1.52 bits per heavy atom. The highest BCUT2D eigenvalue weighted by atomic mass is 32.2. The summed E-state index contributed by atoms with van der Waals surface area (Å²) in [6.45, 7) is 0.978. The fourth-order valence-electron chi connectivity index (χ4n) is 3.54. The molecule has 3 aromatic rings. The van der Waals surface area contributed by atoms with Gasteiger partial charge in [0.05, 0.1) is 15.5 Å². The first-order chi connectivity index (χ1) is 14.8. The molecule has 11 heteroatoms. The van der Waals surface area contributed by atoms with Crippen LogP contribution >= 0.6 is 0 Å². The number of piperidine rings is 1. The molecule has 0 spiro atoms. The van der Waals surface area contributed by atoms with Gasteiger partial charge in [0.15, 0.2) is 5.82 Å². The average molecular weight is 462 g/mol. The molecule has 0 radical (unpaired) electrons. The van der Waals surface area contributed by atoms with Gasteiger partial charge in [0, 0.05) is 25.7 Å². The van der Waals surface area contributed by atoms with E-state index >= 15 is 0 Å². The van der Waals surface area contributed by atoms with Crippen LogP contribution in [0.2, 0.25) is 0 Å². The highest BCUT2D eigenvalue weighted by molar-refractivity contribution is 7.92.